The molecule has 29 heavy (non-hydrogen) atoms. The van der Waals surface area contributed by atoms with E-state index in [1.54, 1.807) is 0 Å². The Kier molecular flexibility index (Phi) is 9.36. The number of hydrogen-bond acceptors (Lipinski definition) is 3. The minimum atomic E-state index is 0. The maximum absolute atomic E-state index is 6.07. The van der Waals surface area contributed by atoms with Crippen molar-refractivity contribution in [3.8, 4) is 0 Å². The predicted octanol–water partition coefficient (Wildman–Crippen LogP) is 4.40. The second-order valence-electron chi connectivity index (χ2n) is 7.73. The van der Waals surface area contributed by atoms with Crippen molar-refractivity contribution in [3.63, 3.8) is 0 Å². The van der Waals surface area contributed by atoms with Crippen LogP contribution in [0.1, 0.15) is 42.6 Å². The van der Waals surface area contributed by atoms with E-state index in [0.717, 1.165) is 25.6 Å². The maximum Gasteiger partial charge on any atom is 0.193 e. The fourth-order valence-corrected chi connectivity index (χ4v) is 3.85. The fraction of sp³-hybridized carbons (Fsp3) is 0.478. The predicted molar refractivity (Wildman–Crippen MR) is 130 cm³/mol. The van der Waals surface area contributed by atoms with Crippen molar-refractivity contribution in [1.82, 2.24) is 15.2 Å². The van der Waals surface area contributed by atoms with Gasteiger partial charge in [-0.25, -0.2) is 0 Å². The quantitative estimate of drug-likeness (QED) is 0.370. The molecule has 0 radical (unpaired) electrons. The number of aliphatic imine (C=N–C) groups is 1. The minimum Gasteiger partial charge on any atom is -0.370 e. The summed E-state index contributed by atoms with van der Waals surface area (Å²) in [6.07, 6.45) is 3.87. The molecule has 0 spiro atoms. The van der Waals surface area contributed by atoms with Gasteiger partial charge in [0.15, 0.2) is 5.96 Å². The molecule has 1 N–H and O–H groups in total. The van der Waals surface area contributed by atoms with Crippen LogP contribution in [0.5, 0.6) is 0 Å². The average molecular weight is 508 g/mol. The first-order chi connectivity index (χ1) is 13.6. The largest absolute Gasteiger partial charge is 0.370 e. The van der Waals surface area contributed by atoms with Gasteiger partial charge in [-0.1, -0.05) is 44.2 Å². The molecule has 1 saturated heterocycles. The Labute approximate surface area is 192 Å². The Hall–Kier alpha value is -1.67. The summed E-state index contributed by atoms with van der Waals surface area (Å²) in [5.74, 6) is 1.84. The number of aryl methyl sites for hydroxylation is 1. The van der Waals surface area contributed by atoms with Gasteiger partial charge in [0.2, 0.25) is 0 Å². The van der Waals surface area contributed by atoms with Crippen LogP contribution in [0, 0.1) is 12.8 Å². The van der Waals surface area contributed by atoms with E-state index in [1.807, 2.05) is 25.5 Å². The molecule has 1 aliphatic heterocycles. The number of ether oxygens (including phenoxy) is 1. The monoisotopic (exact) mass is 508 g/mol. The van der Waals surface area contributed by atoms with E-state index >= 15 is 0 Å². The van der Waals surface area contributed by atoms with Gasteiger partial charge < -0.3 is 15.0 Å². The molecule has 0 bridgehead atoms. The van der Waals surface area contributed by atoms with Crippen molar-refractivity contribution in [2.75, 3.05) is 33.3 Å². The smallest absolute Gasteiger partial charge is 0.193 e. The summed E-state index contributed by atoms with van der Waals surface area (Å²) in [5.41, 5.74) is 3.80. The van der Waals surface area contributed by atoms with Gasteiger partial charge in [-0.05, 0) is 35.6 Å². The van der Waals surface area contributed by atoms with Crippen LogP contribution >= 0.6 is 24.0 Å². The molecule has 2 heterocycles. The number of rotatable bonds is 5. The van der Waals surface area contributed by atoms with Gasteiger partial charge >= 0.3 is 0 Å². The Bertz CT molecular complexity index is 781. The highest BCUT2D eigenvalue weighted by atomic mass is 127. The third-order valence-corrected chi connectivity index (χ3v) is 5.51. The molecule has 3 rings (SSSR count). The first-order valence-electron chi connectivity index (χ1n) is 10.1. The van der Waals surface area contributed by atoms with Crippen molar-refractivity contribution in [2.24, 2.45) is 10.9 Å². The zero-order valence-corrected chi connectivity index (χ0v) is 20.2. The highest BCUT2D eigenvalue weighted by Gasteiger charge is 2.26. The van der Waals surface area contributed by atoms with Crippen LogP contribution in [-0.4, -0.2) is 49.1 Å². The summed E-state index contributed by atoms with van der Waals surface area (Å²) in [6.45, 7) is 9.85. The zero-order valence-electron chi connectivity index (χ0n) is 17.8. The number of nitrogens with one attached hydrogen (secondary N) is 1. The lowest BCUT2D eigenvalue weighted by Crippen LogP contribution is -2.49. The second-order valence-corrected chi connectivity index (χ2v) is 7.73. The number of benzene rings is 1. The number of halogens is 1. The van der Waals surface area contributed by atoms with Crippen molar-refractivity contribution in [1.29, 1.82) is 0 Å². The Morgan fingerprint density at radius 1 is 1.28 bits per heavy atom. The van der Waals surface area contributed by atoms with Crippen LogP contribution in [0.2, 0.25) is 0 Å². The van der Waals surface area contributed by atoms with E-state index in [2.05, 4.69) is 71.3 Å². The Balaban J connectivity index is 0.00000300. The highest BCUT2D eigenvalue weighted by Crippen LogP contribution is 2.26. The summed E-state index contributed by atoms with van der Waals surface area (Å²) in [7, 11) is 1.86. The molecule has 5 nitrogen and oxygen atoms in total. The zero-order chi connectivity index (χ0) is 19.9. The molecule has 2 atom stereocenters. The molecule has 0 amide bonds. The summed E-state index contributed by atoms with van der Waals surface area (Å²) >= 11 is 0. The van der Waals surface area contributed by atoms with E-state index in [9.17, 15) is 0 Å². The molecule has 0 aliphatic carbocycles. The summed E-state index contributed by atoms with van der Waals surface area (Å²) in [5, 5.41) is 3.60. The lowest BCUT2D eigenvalue weighted by Gasteiger charge is -2.36. The van der Waals surface area contributed by atoms with Gasteiger partial charge in [-0.15, -0.1) is 24.0 Å². The van der Waals surface area contributed by atoms with Crippen LogP contribution in [0.25, 0.3) is 0 Å². The topological polar surface area (TPSA) is 49.8 Å². The fourth-order valence-electron chi connectivity index (χ4n) is 3.85. The summed E-state index contributed by atoms with van der Waals surface area (Å²) in [4.78, 5) is 11.1. The molecular weight excluding hydrogens is 475 g/mol. The molecule has 6 heteroatoms. The van der Waals surface area contributed by atoms with Crippen LogP contribution in [0.4, 0.5) is 0 Å². The molecule has 1 fully saturated rings. The third-order valence-electron chi connectivity index (χ3n) is 5.51. The Morgan fingerprint density at radius 2 is 2.07 bits per heavy atom. The standard InChI is InChI=1S/C23H32N4O.HI/c1-17(2)21(19-9-7-11-25-14-19)15-26-23(24-4)27-12-13-28-22(16-27)20-10-6-5-8-18(20)3;/h5-11,14,17,21-22H,12-13,15-16H2,1-4H3,(H,24,26);1H. The average Bonchev–Trinajstić information content (AvgIpc) is 2.72. The van der Waals surface area contributed by atoms with Gasteiger partial charge in [0, 0.05) is 38.4 Å². The molecule has 0 saturated carbocycles. The molecular formula is C23H33IN4O. The van der Waals surface area contributed by atoms with Crippen molar-refractivity contribution in [3.05, 3.63) is 65.5 Å². The van der Waals surface area contributed by atoms with E-state index in [4.69, 9.17) is 4.74 Å². The molecule has 2 aromatic rings. The van der Waals surface area contributed by atoms with Crippen molar-refractivity contribution < 1.29 is 4.74 Å². The highest BCUT2D eigenvalue weighted by molar-refractivity contribution is 14.0. The number of hydrogen-bond donors (Lipinski definition) is 1. The molecule has 1 aromatic heterocycles. The van der Waals surface area contributed by atoms with Gasteiger partial charge in [0.05, 0.1) is 13.2 Å². The normalized spacial score (nSPS) is 18.3. The molecule has 2 unspecified atom stereocenters. The van der Waals surface area contributed by atoms with E-state index in [1.165, 1.54) is 16.7 Å². The summed E-state index contributed by atoms with van der Waals surface area (Å²) in [6, 6.07) is 12.6. The number of nitrogens with zero attached hydrogens (tertiary/aromatic N) is 3. The number of guanidine groups is 1. The van der Waals surface area contributed by atoms with E-state index < -0.39 is 0 Å². The van der Waals surface area contributed by atoms with E-state index in [-0.39, 0.29) is 30.1 Å². The lowest BCUT2D eigenvalue weighted by atomic mass is 9.89. The van der Waals surface area contributed by atoms with Crippen LogP contribution in [-0.2, 0) is 4.74 Å². The minimum absolute atomic E-state index is 0. The lowest BCUT2D eigenvalue weighted by molar-refractivity contribution is -0.00834. The summed E-state index contributed by atoms with van der Waals surface area (Å²) < 4.78 is 6.07. The second kappa shape index (κ2) is 11.5. The van der Waals surface area contributed by atoms with Gasteiger partial charge in [0.1, 0.15) is 6.10 Å². The van der Waals surface area contributed by atoms with Crippen molar-refractivity contribution in [2.45, 2.75) is 32.8 Å². The molecule has 158 valence electrons. The number of morpholine rings is 1. The van der Waals surface area contributed by atoms with Crippen LogP contribution in [0.15, 0.2) is 53.8 Å². The van der Waals surface area contributed by atoms with Gasteiger partial charge in [-0.3, -0.25) is 9.98 Å². The third kappa shape index (κ3) is 6.15. The first kappa shape index (κ1) is 23.6. The first-order valence-corrected chi connectivity index (χ1v) is 10.1. The molecule has 1 aromatic carbocycles. The van der Waals surface area contributed by atoms with Crippen molar-refractivity contribution >= 4 is 29.9 Å². The van der Waals surface area contributed by atoms with Gasteiger partial charge in [0.25, 0.3) is 0 Å². The molecule has 1 aliphatic rings. The van der Waals surface area contributed by atoms with E-state index in [0.29, 0.717) is 18.4 Å². The van der Waals surface area contributed by atoms with Crippen LogP contribution in [0.3, 0.4) is 0 Å². The maximum atomic E-state index is 6.07. The Morgan fingerprint density at radius 3 is 2.72 bits per heavy atom. The SMILES string of the molecule is CN=C(NCC(c1cccnc1)C(C)C)N1CCOC(c2ccccc2C)C1.I. The number of pyridine rings is 1. The van der Waals surface area contributed by atoms with Crippen LogP contribution < -0.4 is 5.32 Å². The van der Waals surface area contributed by atoms with Gasteiger partial charge in [-0.2, -0.15) is 0 Å². The number of aromatic nitrogens is 1.